The van der Waals surface area contributed by atoms with E-state index in [-0.39, 0.29) is 11.2 Å². The zero-order chi connectivity index (χ0) is 14.9. The summed E-state index contributed by atoms with van der Waals surface area (Å²) in [4.78, 5) is 12.5. The van der Waals surface area contributed by atoms with Gasteiger partial charge < -0.3 is 5.73 Å². The van der Waals surface area contributed by atoms with Gasteiger partial charge in [-0.15, -0.1) is 0 Å². The number of hydrogen-bond donors (Lipinski definition) is 1. The highest BCUT2D eigenvalue weighted by molar-refractivity contribution is 9.10. The first-order valence-electron chi connectivity index (χ1n) is 6.49. The maximum Gasteiger partial charge on any atom is 0.194 e. The Labute approximate surface area is 128 Å². The molecule has 2 rings (SSSR count). The fraction of sp³-hybridized carbons (Fsp3) is 0.235. The minimum Gasteiger partial charge on any atom is -0.399 e. The van der Waals surface area contributed by atoms with Crippen LogP contribution in [0.1, 0.15) is 42.3 Å². The predicted molar refractivity (Wildman–Crippen MR) is 87.1 cm³/mol. The Balaban J connectivity index is 2.37. The van der Waals surface area contributed by atoms with Gasteiger partial charge >= 0.3 is 0 Å². The van der Waals surface area contributed by atoms with E-state index in [1.807, 2.05) is 24.3 Å². The summed E-state index contributed by atoms with van der Waals surface area (Å²) in [6, 6.07) is 13.0. The van der Waals surface area contributed by atoms with Gasteiger partial charge in [-0.25, -0.2) is 0 Å². The molecule has 0 aliphatic heterocycles. The number of halogens is 1. The fourth-order valence-electron chi connectivity index (χ4n) is 1.99. The fourth-order valence-corrected chi connectivity index (χ4v) is 2.42. The molecule has 0 aromatic heterocycles. The Hall–Kier alpha value is -1.61. The third-order valence-electron chi connectivity index (χ3n) is 3.25. The molecular weight excluding hydrogens is 314 g/mol. The summed E-state index contributed by atoms with van der Waals surface area (Å²) < 4.78 is 0.761. The van der Waals surface area contributed by atoms with Crippen molar-refractivity contribution in [3.8, 4) is 0 Å². The average molecular weight is 332 g/mol. The van der Waals surface area contributed by atoms with Gasteiger partial charge in [-0.2, -0.15) is 0 Å². The standard InChI is InChI=1S/C17H18BrNO/c1-17(2,3)12-6-4-11(5-7-12)16(20)14-10-13(19)8-9-15(14)18/h4-10H,19H2,1-3H3. The summed E-state index contributed by atoms with van der Waals surface area (Å²) in [6.45, 7) is 6.45. The number of carbonyl (C=O) groups excluding carboxylic acids is 1. The van der Waals surface area contributed by atoms with Crippen LogP contribution in [-0.2, 0) is 5.41 Å². The summed E-state index contributed by atoms with van der Waals surface area (Å²) in [5.41, 5.74) is 8.89. The second kappa shape index (κ2) is 5.41. The largest absolute Gasteiger partial charge is 0.399 e. The summed E-state index contributed by atoms with van der Waals surface area (Å²) in [7, 11) is 0. The van der Waals surface area contributed by atoms with Crippen LogP contribution in [0.4, 0.5) is 5.69 Å². The van der Waals surface area contributed by atoms with Crippen LogP contribution in [0.25, 0.3) is 0 Å². The van der Waals surface area contributed by atoms with Crippen LogP contribution in [-0.4, -0.2) is 5.78 Å². The van der Waals surface area contributed by atoms with E-state index in [0.717, 1.165) is 4.47 Å². The maximum absolute atomic E-state index is 12.5. The molecule has 20 heavy (non-hydrogen) atoms. The molecule has 0 unspecified atom stereocenters. The van der Waals surface area contributed by atoms with Crippen LogP contribution in [0.15, 0.2) is 46.9 Å². The number of carbonyl (C=O) groups is 1. The van der Waals surface area contributed by atoms with Crippen molar-refractivity contribution in [1.82, 2.24) is 0 Å². The predicted octanol–water partition coefficient (Wildman–Crippen LogP) is 4.56. The number of rotatable bonds is 2. The molecule has 2 nitrogen and oxygen atoms in total. The lowest BCUT2D eigenvalue weighted by Crippen LogP contribution is -2.11. The van der Waals surface area contributed by atoms with Gasteiger partial charge in [0.05, 0.1) is 0 Å². The summed E-state index contributed by atoms with van der Waals surface area (Å²) in [6.07, 6.45) is 0. The number of nitrogen functional groups attached to an aromatic ring is 1. The third kappa shape index (κ3) is 3.10. The number of nitrogens with two attached hydrogens (primary N) is 1. The van der Waals surface area contributed by atoms with E-state index in [1.165, 1.54) is 5.56 Å². The summed E-state index contributed by atoms with van der Waals surface area (Å²) in [5, 5.41) is 0. The average Bonchev–Trinajstić information content (AvgIpc) is 2.40. The molecule has 0 heterocycles. The van der Waals surface area contributed by atoms with Gasteiger partial charge in [-0.3, -0.25) is 4.79 Å². The summed E-state index contributed by atoms with van der Waals surface area (Å²) >= 11 is 3.40. The Kier molecular flexibility index (Phi) is 4.00. The Morgan fingerprint density at radius 1 is 1.05 bits per heavy atom. The lowest BCUT2D eigenvalue weighted by Gasteiger charge is -2.19. The van der Waals surface area contributed by atoms with Crippen LogP contribution in [0.5, 0.6) is 0 Å². The van der Waals surface area contributed by atoms with Gasteiger partial charge in [0.2, 0.25) is 0 Å². The lowest BCUT2D eigenvalue weighted by molar-refractivity contribution is 0.103. The van der Waals surface area contributed by atoms with Gasteiger partial charge in [0.1, 0.15) is 0 Å². The SMILES string of the molecule is CC(C)(C)c1ccc(C(=O)c2cc(N)ccc2Br)cc1. The minimum absolute atomic E-state index is 0.0235. The molecule has 2 aromatic rings. The van der Waals surface area contributed by atoms with Crippen LogP contribution in [0.2, 0.25) is 0 Å². The molecule has 0 saturated carbocycles. The van der Waals surface area contributed by atoms with Gasteiger partial charge in [-0.05, 0) is 29.2 Å². The second-order valence-electron chi connectivity index (χ2n) is 5.90. The highest BCUT2D eigenvalue weighted by Crippen LogP contribution is 2.25. The van der Waals surface area contributed by atoms with Gasteiger partial charge in [-0.1, -0.05) is 61.0 Å². The van der Waals surface area contributed by atoms with Gasteiger partial charge in [0, 0.05) is 21.3 Å². The van der Waals surface area contributed by atoms with E-state index >= 15 is 0 Å². The molecule has 0 saturated heterocycles. The van der Waals surface area contributed by atoms with Crippen molar-refractivity contribution in [2.24, 2.45) is 0 Å². The monoisotopic (exact) mass is 331 g/mol. The zero-order valence-electron chi connectivity index (χ0n) is 11.9. The maximum atomic E-state index is 12.5. The van der Waals surface area contributed by atoms with E-state index < -0.39 is 0 Å². The topological polar surface area (TPSA) is 43.1 Å². The minimum atomic E-state index is -0.0235. The van der Waals surface area contributed by atoms with Crippen molar-refractivity contribution in [3.05, 3.63) is 63.6 Å². The van der Waals surface area contributed by atoms with E-state index in [2.05, 4.69) is 36.7 Å². The Morgan fingerprint density at radius 3 is 2.20 bits per heavy atom. The van der Waals surface area contributed by atoms with E-state index in [4.69, 9.17) is 5.73 Å². The molecule has 3 heteroatoms. The highest BCUT2D eigenvalue weighted by atomic mass is 79.9. The van der Waals surface area contributed by atoms with Crippen molar-refractivity contribution in [2.45, 2.75) is 26.2 Å². The van der Waals surface area contributed by atoms with Crippen molar-refractivity contribution < 1.29 is 4.79 Å². The molecule has 0 spiro atoms. The number of hydrogen-bond acceptors (Lipinski definition) is 2. The second-order valence-corrected chi connectivity index (χ2v) is 6.75. The van der Waals surface area contributed by atoms with Crippen LogP contribution < -0.4 is 5.73 Å². The number of benzene rings is 2. The first kappa shape index (κ1) is 14.8. The Morgan fingerprint density at radius 2 is 1.65 bits per heavy atom. The van der Waals surface area contributed by atoms with Crippen molar-refractivity contribution in [3.63, 3.8) is 0 Å². The zero-order valence-corrected chi connectivity index (χ0v) is 13.5. The molecule has 0 fully saturated rings. The molecule has 2 N–H and O–H groups in total. The molecule has 0 amide bonds. The van der Waals surface area contributed by atoms with E-state index in [9.17, 15) is 4.79 Å². The van der Waals surface area contributed by atoms with Crippen LogP contribution >= 0.6 is 15.9 Å². The molecule has 0 bridgehead atoms. The first-order valence-corrected chi connectivity index (χ1v) is 7.28. The number of anilines is 1. The normalized spacial score (nSPS) is 11.4. The Bertz CT molecular complexity index is 639. The molecule has 0 radical (unpaired) electrons. The summed E-state index contributed by atoms with van der Waals surface area (Å²) in [5.74, 6) is -0.0235. The van der Waals surface area contributed by atoms with Crippen molar-refractivity contribution in [1.29, 1.82) is 0 Å². The number of ketones is 1. The van der Waals surface area contributed by atoms with Crippen molar-refractivity contribution >= 4 is 27.4 Å². The van der Waals surface area contributed by atoms with Gasteiger partial charge in [0.25, 0.3) is 0 Å². The quantitative estimate of drug-likeness (QED) is 0.647. The first-order chi connectivity index (χ1) is 9.29. The molecule has 2 aromatic carbocycles. The van der Waals surface area contributed by atoms with Crippen LogP contribution in [0, 0.1) is 0 Å². The lowest BCUT2D eigenvalue weighted by atomic mass is 9.86. The van der Waals surface area contributed by atoms with Gasteiger partial charge in [0.15, 0.2) is 5.78 Å². The van der Waals surface area contributed by atoms with E-state index in [1.54, 1.807) is 18.2 Å². The molecule has 0 aliphatic rings. The van der Waals surface area contributed by atoms with Crippen LogP contribution in [0.3, 0.4) is 0 Å². The molecule has 0 aliphatic carbocycles. The van der Waals surface area contributed by atoms with Crippen molar-refractivity contribution in [2.75, 3.05) is 5.73 Å². The molecular formula is C17H18BrNO. The third-order valence-corrected chi connectivity index (χ3v) is 3.94. The highest BCUT2D eigenvalue weighted by Gasteiger charge is 2.16. The molecule has 104 valence electrons. The molecule has 0 atom stereocenters. The smallest absolute Gasteiger partial charge is 0.194 e. The van der Waals surface area contributed by atoms with E-state index in [0.29, 0.717) is 16.8 Å².